The SMILES string of the molecule is Nc1onc(-c2ccsc2)c1-c1ccncc1. The summed E-state index contributed by atoms with van der Waals surface area (Å²) >= 11 is 1.61. The smallest absolute Gasteiger partial charge is 0.230 e. The lowest BCUT2D eigenvalue weighted by atomic mass is 10.0. The Morgan fingerprint density at radius 1 is 1.12 bits per heavy atom. The largest absolute Gasteiger partial charge is 0.367 e. The highest BCUT2D eigenvalue weighted by Gasteiger charge is 2.17. The van der Waals surface area contributed by atoms with Crippen molar-refractivity contribution in [3.63, 3.8) is 0 Å². The van der Waals surface area contributed by atoms with Crippen LogP contribution in [0.15, 0.2) is 45.9 Å². The zero-order valence-electron chi connectivity index (χ0n) is 8.83. The van der Waals surface area contributed by atoms with E-state index in [9.17, 15) is 0 Å². The van der Waals surface area contributed by atoms with Crippen LogP contribution in [0.5, 0.6) is 0 Å². The minimum absolute atomic E-state index is 0.331. The summed E-state index contributed by atoms with van der Waals surface area (Å²) < 4.78 is 5.09. The Morgan fingerprint density at radius 2 is 1.94 bits per heavy atom. The molecule has 4 nitrogen and oxygen atoms in total. The molecule has 0 aliphatic heterocycles. The Labute approximate surface area is 102 Å². The first kappa shape index (κ1) is 10.0. The minimum atomic E-state index is 0.331. The number of rotatable bonds is 2. The molecule has 3 heterocycles. The first-order valence-corrected chi connectivity index (χ1v) is 5.98. The van der Waals surface area contributed by atoms with Crippen molar-refractivity contribution < 1.29 is 4.52 Å². The van der Waals surface area contributed by atoms with E-state index in [0.29, 0.717) is 5.88 Å². The van der Waals surface area contributed by atoms with E-state index in [2.05, 4.69) is 10.1 Å². The van der Waals surface area contributed by atoms with Gasteiger partial charge in [-0.2, -0.15) is 11.3 Å². The lowest BCUT2D eigenvalue weighted by Crippen LogP contribution is -1.87. The van der Waals surface area contributed by atoms with Gasteiger partial charge in [0.25, 0.3) is 0 Å². The van der Waals surface area contributed by atoms with E-state index in [4.69, 9.17) is 10.3 Å². The molecule has 3 aromatic rings. The molecular formula is C12H9N3OS. The van der Waals surface area contributed by atoms with Crippen molar-refractivity contribution in [3.8, 4) is 22.4 Å². The van der Waals surface area contributed by atoms with Crippen molar-refractivity contribution in [2.24, 2.45) is 0 Å². The Hall–Kier alpha value is -2.14. The van der Waals surface area contributed by atoms with Crippen LogP contribution in [-0.4, -0.2) is 10.1 Å². The molecule has 3 aromatic heterocycles. The van der Waals surface area contributed by atoms with Gasteiger partial charge in [0, 0.05) is 23.3 Å². The van der Waals surface area contributed by atoms with E-state index in [1.54, 1.807) is 23.7 Å². The van der Waals surface area contributed by atoms with E-state index in [1.165, 1.54) is 0 Å². The van der Waals surface area contributed by atoms with Gasteiger partial charge in [0.1, 0.15) is 5.69 Å². The highest BCUT2D eigenvalue weighted by atomic mass is 32.1. The van der Waals surface area contributed by atoms with Crippen LogP contribution in [0.4, 0.5) is 5.88 Å². The third kappa shape index (κ3) is 1.70. The van der Waals surface area contributed by atoms with Gasteiger partial charge < -0.3 is 10.3 Å². The van der Waals surface area contributed by atoms with Crippen molar-refractivity contribution in [1.29, 1.82) is 0 Å². The van der Waals surface area contributed by atoms with Gasteiger partial charge in [0.15, 0.2) is 0 Å². The van der Waals surface area contributed by atoms with Crippen LogP contribution < -0.4 is 5.73 Å². The standard InChI is InChI=1S/C12H9N3OS/c13-12-10(8-1-4-14-5-2-8)11(15-16-12)9-3-6-17-7-9/h1-7H,13H2. The summed E-state index contributed by atoms with van der Waals surface area (Å²) in [5.74, 6) is 0.331. The average molecular weight is 243 g/mol. The number of pyridine rings is 1. The van der Waals surface area contributed by atoms with E-state index in [1.807, 2.05) is 29.0 Å². The van der Waals surface area contributed by atoms with E-state index >= 15 is 0 Å². The second kappa shape index (κ2) is 4.03. The number of aromatic nitrogens is 2. The lowest BCUT2D eigenvalue weighted by molar-refractivity contribution is 0.439. The molecule has 0 saturated carbocycles. The molecule has 2 N–H and O–H groups in total. The first-order valence-electron chi connectivity index (χ1n) is 5.04. The molecule has 84 valence electrons. The van der Waals surface area contributed by atoms with Crippen LogP contribution in [0.2, 0.25) is 0 Å². The molecule has 0 aromatic carbocycles. The predicted octanol–water partition coefficient (Wildman–Crippen LogP) is 3.05. The maximum Gasteiger partial charge on any atom is 0.230 e. The first-order chi connectivity index (χ1) is 8.36. The molecule has 0 aliphatic rings. The number of nitrogen functional groups attached to an aromatic ring is 1. The summed E-state index contributed by atoms with van der Waals surface area (Å²) in [5, 5.41) is 8.03. The molecule has 0 saturated heterocycles. The number of anilines is 1. The molecule has 0 unspecified atom stereocenters. The normalized spacial score (nSPS) is 10.6. The minimum Gasteiger partial charge on any atom is -0.367 e. The van der Waals surface area contributed by atoms with Gasteiger partial charge in [-0.05, 0) is 29.1 Å². The molecule has 0 spiro atoms. The number of nitrogens with zero attached hydrogens (tertiary/aromatic N) is 2. The van der Waals surface area contributed by atoms with E-state index < -0.39 is 0 Å². The Morgan fingerprint density at radius 3 is 2.65 bits per heavy atom. The Bertz CT molecular complexity index is 617. The molecule has 0 amide bonds. The Kier molecular flexibility index (Phi) is 2.38. The van der Waals surface area contributed by atoms with Crippen LogP contribution in [0.3, 0.4) is 0 Å². The monoisotopic (exact) mass is 243 g/mol. The van der Waals surface area contributed by atoms with Gasteiger partial charge in [0.05, 0.1) is 5.56 Å². The van der Waals surface area contributed by atoms with Crippen LogP contribution >= 0.6 is 11.3 Å². The maximum atomic E-state index is 5.83. The average Bonchev–Trinajstić information content (AvgIpc) is 2.98. The van der Waals surface area contributed by atoms with Gasteiger partial charge in [-0.3, -0.25) is 4.98 Å². The second-order valence-corrected chi connectivity index (χ2v) is 4.30. The van der Waals surface area contributed by atoms with Gasteiger partial charge in [-0.25, -0.2) is 0 Å². The van der Waals surface area contributed by atoms with Crippen molar-refractivity contribution >= 4 is 17.2 Å². The molecule has 3 rings (SSSR count). The third-order valence-corrected chi connectivity index (χ3v) is 3.17. The molecule has 0 atom stereocenters. The molecule has 0 bridgehead atoms. The fraction of sp³-hybridized carbons (Fsp3) is 0. The van der Waals surface area contributed by atoms with E-state index in [-0.39, 0.29) is 0 Å². The van der Waals surface area contributed by atoms with Crippen molar-refractivity contribution in [3.05, 3.63) is 41.4 Å². The van der Waals surface area contributed by atoms with Crippen LogP contribution in [0.1, 0.15) is 0 Å². The topological polar surface area (TPSA) is 64.9 Å². The highest BCUT2D eigenvalue weighted by molar-refractivity contribution is 7.08. The fourth-order valence-electron chi connectivity index (χ4n) is 1.70. The zero-order chi connectivity index (χ0) is 11.7. The molecule has 5 heteroatoms. The number of thiophene rings is 1. The molecule has 0 fully saturated rings. The van der Waals surface area contributed by atoms with Crippen LogP contribution in [0.25, 0.3) is 22.4 Å². The van der Waals surface area contributed by atoms with E-state index in [0.717, 1.165) is 22.4 Å². The lowest BCUT2D eigenvalue weighted by Gasteiger charge is -1.99. The summed E-state index contributed by atoms with van der Waals surface area (Å²) in [4.78, 5) is 3.99. The summed E-state index contributed by atoms with van der Waals surface area (Å²) in [6.07, 6.45) is 3.44. The quantitative estimate of drug-likeness (QED) is 0.751. The summed E-state index contributed by atoms with van der Waals surface area (Å²) in [7, 11) is 0. The van der Waals surface area contributed by atoms with Gasteiger partial charge in [-0.15, -0.1) is 0 Å². The highest BCUT2D eigenvalue weighted by Crippen LogP contribution is 2.36. The molecular weight excluding hydrogens is 234 g/mol. The van der Waals surface area contributed by atoms with Crippen molar-refractivity contribution in [2.75, 3.05) is 5.73 Å². The summed E-state index contributed by atoms with van der Waals surface area (Å²) in [6.45, 7) is 0. The van der Waals surface area contributed by atoms with Crippen LogP contribution in [-0.2, 0) is 0 Å². The number of hydrogen-bond donors (Lipinski definition) is 1. The summed E-state index contributed by atoms with van der Waals surface area (Å²) in [5.41, 5.74) is 9.41. The number of nitrogens with two attached hydrogens (primary N) is 1. The molecule has 0 aliphatic carbocycles. The van der Waals surface area contributed by atoms with Crippen molar-refractivity contribution in [2.45, 2.75) is 0 Å². The number of hydrogen-bond acceptors (Lipinski definition) is 5. The van der Waals surface area contributed by atoms with Crippen LogP contribution in [0, 0.1) is 0 Å². The zero-order valence-corrected chi connectivity index (χ0v) is 9.65. The van der Waals surface area contributed by atoms with Gasteiger partial charge in [-0.1, -0.05) is 5.16 Å². The van der Waals surface area contributed by atoms with Crippen molar-refractivity contribution in [1.82, 2.24) is 10.1 Å². The van der Waals surface area contributed by atoms with Gasteiger partial charge in [0.2, 0.25) is 5.88 Å². The maximum absolute atomic E-state index is 5.83. The second-order valence-electron chi connectivity index (χ2n) is 3.52. The molecule has 0 radical (unpaired) electrons. The molecule has 17 heavy (non-hydrogen) atoms. The third-order valence-electron chi connectivity index (χ3n) is 2.48. The van der Waals surface area contributed by atoms with Gasteiger partial charge >= 0.3 is 0 Å². The predicted molar refractivity (Wildman–Crippen MR) is 67.5 cm³/mol. The Balaban J connectivity index is 2.20. The fourth-order valence-corrected chi connectivity index (χ4v) is 2.34. The summed E-state index contributed by atoms with van der Waals surface area (Å²) in [6, 6.07) is 5.77.